The molecule has 48 heavy (non-hydrogen) atoms. The van der Waals surface area contributed by atoms with Crippen LogP contribution in [0.1, 0.15) is 49.1 Å². The third-order valence-electron chi connectivity index (χ3n) is 7.20. The van der Waals surface area contributed by atoms with Gasteiger partial charge in [0.2, 0.25) is 0 Å². The van der Waals surface area contributed by atoms with Crippen LogP contribution < -0.4 is 5.32 Å². The van der Waals surface area contributed by atoms with Crippen molar-refractivity contribution in [1.29, 1.82) is 0 Å². The first kappa shape index (κ1) is 33.0. The zero-order chi connectivity index (χ0) is 34.2. The van der Waals surface area contributed by atoms with Crippen molar-refractivity contribution in [3.63, 3.8) is 0 Å². The molecule has 0 unspecified atom stereocenters. The average Bonchev–Trinajstić information content (AvgIpc) is 3.69. The number of hydrogen-bond donors (Lipinski definition) is 1. The van der Waals surface area contributed by atoms with E-state index in [-0.39, 0.29) is 57.5 Å². The molecule has 2 aromatic carbocycles. The fourth-order valence-electron chi connectivity index (χ4n) is 4.96. The molecule has 0 aliphatic heterocycles. The number of nitrogens with one attached hydrogen (secondary N) is 1. The molecule has 0 aliphatic carbocycles. The maximum Gasteiger partial charge on any atom is 0.455 e. The van der Waals surface area contributed by atoms with Gasteiger partial charge in [-0.3, -0.25) is 9.59 Å². The molecule has 0 bridgehead atoms. The molecule has 0 spiro atoms. The van der Waals surface area contributed by atoms with Crippen molar-refractivity contribution in [3.8, 4) is 5.82 Å². The van der Waals surface area contributed by atoms with Crippen molar-refractivity contribution in [3.05, 3.63) is 122 Å². The van der Waals surface area contributed by atoms with E-state index in [4.69, 9.17) is 34.8 Å². The molecule has 0 radical (unpaired) electrons. The van der Waals surface area contributed by atoms with Crippen LogP contribution >= 0.6 is 34.8 Å². The van der Waals surface area contributed by atoms with E-state index in [1.165, 1.54) is 29.1 Å². The Kier molecular flexibility index (Phi) is 9.14. The molecule has 0 aliphatic rings. The lowest BCUT2D eigenvalue weighted by atomic mass is 9.95. The Hall–Kier alpha value is -4.92. The van der Waals surface area contributed by atoms with Crippen LogP contribution in [0.15, 0.2) is 66.9 Å². The van der Waals surface area contributed by atoms with E-state index in [9.17, 15) is 22.8 Å². The summed E-state index contributed by atoms with van der Waals surface area (Å²) in [5.74, 6) is -2.33. The molecule has 0 saturated heterocycles. The SMILES string of the molecule is Cc1cc(Cl)cc(C(=O)NCc2cc3ccccc3nc2Cl)c1CC(=O)c1cc(Cn2nnc(C(F)(F)F)n2)nn1-c1ncccc1Cl. The number of para-hydroxylation sites is 1. The van der Waals surface area contributed by atoms with Gasteiger partial charge in [0.25, 0.3) is 11.7 Å². The Labute approximate surface area is 284 Å². The van der Waals surface area contributed by atoms with Gasteiger partial charge < -0.3 is 5.32 Å². The lowest BCUT2D eigenvalue weighted by Gasteiger charge is -2.15. The number of fused-ring (bicyclic) bond motifs is 1. The maximum absolute atomic E-state index is 14.0. The van der Waals surface area contributed by atoms with Gasteiger partial charge in [-0.25, -0.2) is 14.6 Å². The van der Waals surface area contributed by atoms with Crippen LogP contribution in [0.3, 0.4) is 0 Å². The number of aryl methyl sites for hydroxylation is 1. The van der Waals surface area contributed by atoms with Gasteiger partial charge in [0, 0.05) is 40.7 Å². The van der Waals surface area contributed by atoms with Crippen molar-refractivity contribution in [1.82, 2.24) is 45.3 Å². The number of hydrogen-bond acceptors (Lipinski definition) is 8. The van der Waals surface area contributed by atoms with Gasteiger partial charge in [-0.1, -0.05) is 53.0 Å². The zero-order valence-electron chi connectivity index (χ0n) is 24.6. The minimum atomic E-state index is -4.79. The van der Waals surface area contributed by atoms with E-state index < -0.39 is 23.7 Å². The number of Topliss-reactive ketones (excluding diaryl/α,β-unsaturated/α-hetero) is 1. The van der Waals surface area contributed by atoms with Gasteiger partial charge >= 0.3 is 6.18 Å². The first-order valence-electron chi connectivity index (χ1n) is 14.1. The van der Waals surface area contributed by atoms with Crippen LogP contribution in [0.4, 0.5) is 13.2 Å². The molecule has 1 N–H and O–H groups in total. The number of aromatic nitrogens is 8. The molecule has 6 aromatic rings. The number of rotatable bonds is 9. The predicted octanol–water partition coefficient (Wildman–Crippen LogP) is 6.49. The van der Waals surface area contributed by atoms with Gasteiger partial charge in [0.15, 0.2) is 11.6 Å². The first-order chi connectivity index (χ1) is 22.9. The fourth-order valence-corrected chi connectivity index (χ4v) is 5.65. The molecule has 11 nitrogen and oxygen atoms in total. The number of pyridine rings is 2. The van der Waals surface area contributed by atoms with E-state index in [1.807, 2.05) is 30.3 Å². The van der Waals surface area contributed by atoms with Gasteiger partial charge in [-0.2, -0.15) is 23.1 Å². The summed E-state index contributed by atoms with van der Waals surface area (Å²) in [6.45, 7) is 1.41. The molecular formula is C31H21Cl3F3N9O2. The number of nitrogens with zero attached hydrogens (tertiary/aromatic N) is 8. The second-order valence-electron chi connectivity index (χ2n) is 10.5. The second kappa shape index (κ2) is 13.3. The monoisotopic (exact) mass is 713 g/mol. The third-order valence-corrected chi connectivity index (χ3v) is 8.04. The molecule has 6 rings (SSSR count). The number of carbonyl (C=O) groups is 2. The molecule has 0 saturated carbocycles. The molecule has 0 fully saturated rings. The topological polar surface area (TPSA) is 133 Å². The van der Waals surface area contributed by atoms with Crippen molar-refractivity contribution in [2.45, 2.75) is 32.6 Å². The molecule has 0 atom stereocenters. The number of carbonyl (C=O) groups excluding carboxylic acids is 2. The highest BCUT2D eigenvalue weighted by atomic mass is 35.5. The van der Waals surface area contributed by atoms with Crippen LogP contribution in [0, 0.1) is 6.92 Å². The normalized spacial score (nSPS) is 11.6. The number of benzene rings is 2. The molecule has 1 amide bonds. The standard InChI is InChI=1S/C31H21Cl3F3N9O2/c1-16-9-19(32)11-22(29(48)39-14-18-10-17-5-2-3-7-24(17)40-27(18)34)21(16)13-26(47)25-12-20(15-45-43-30(41-44-45)31(35,36)37)42-46(25)28-23(33)6-4-8-38-28/h2-12H,13-15H2,1H3,(H,39,48). The number of ketones is 1. The van der Waals surface area contributed by atoms with Crippen molar-refractivity contribution in [2.75, 3.05) is 0 Å². The largest absolute Gasteiger partial charge is 0.455 e. The Morgan fingerprint density at radius 1 is 0.979 bits per heavy atom. The summed E-state index contributed by atoms with van der Waals surface area (Å²) in [5.41, 5.74) is 2.54. The highest BCUT2D eigenvalue weighted by Gasteiger charge is 2.37. The van der Waals surface area contributed by atoms with Crippen LogP contribution in [-0.2, 0) is 25.7 Å². The van der Waals surface area contributed by atoms with Crippen molar-refractivity contribution >= 4 is 57.4 Å². The Morgan fingerprint density at radius 2 is 1.77 bits per heavy atom. The summed E-state index contributed by atoms with van der Waals surface area (Å²) in [6, 6.07) is 16.8. The van der Waals surface area contributed by atoms with Crippen LogP contribution in [-0.4, -0.2) is 51.6 Å². The highest BCUT2D eigenvalue weighted by molar-refractivity contribution is 6.32. The molecular weight excluding hydrogens is 694 g/mol. The molecule has 4 heterocycles. The van der Waals surface area contributed by atoms with E-state index in [2.05, 4.69) is 35.8 Å². The minimum Gasteiger partial charge on any atom is -0.348 e. The third kappa shape index (κ3) is 7.00. The quantitative estimate of drug-likeness (QED) is 0.133. The summed E-state index contributed by atoms with van der Waals surface area (Å²) in [5, 5.41) is 18.6. The first-order valence-corrected chi connectivity index (χ1v) is 15.2. The summed E-state index contributed by atoms with van der Waals surface area (Å²) in [7, 11) is 0. The van der Waals surface area contributed by atoms with Crippen LogP contribution in [0.2, 0.25) is 15.2 Å². The summed E-state index contributed by atoms with van der Waals surface area (Å²) in [4.78, 5) is 36.8. The molecule has 4 aromatic heterocycles. The Bertz CT molecular complexity index is 2200. The molecule has 17 heteroatoms. The summed E-state index contributed by atoms with van der Waals surface area (Å²) < 4.78 is 40.3. The summed E-state index contributed by atoms with van der Waals surface area (Å²) >= 11 is 19.1. The van der Waals surface area contributed by atoms with Crippen molar-refractivity contribution in [2.24, 2.45) is 0 Å². The zero-order valence-corrected chi connectivity index (χ0v) is 26.9. The van der Waals surface area contributed by atoms with Gasteiger partial charge in [-0.05, 0) is 65.7 Å². The average molecular weight is 715 g/mol. The Morgan fingerprint density at radius 3 is 2.52 bits per heavy atom. The predicted molar refractivity (Wildman–Crippen MR) is 170 cm³/mol. The van der Waals surface area contributed by atoms with E-state index >= 15 is 0 Å². The smallest absolute Gasteiger partial charge is 0.348 e. The highest BCUT2D eigenvalue weighted by Crippen LogP contribution is 2.27. The molecule has 244 valence electrons. The van der Waals surface area contributed by atoms with E-state index in [0.29, 0.717) is 27.0 Å². The maximum atomic E-state index is 14.0. The van der Waals surface area contributed by atoms with Crippen LogP contribution in [0.25, 0.3) is 16.7 Å². The Balaban J connectivity index is 1.30. The summed E-state index contributed by atoms with van der Waals surface area (Å²) in [6.07, 6.45) is -3.63. The van der Waals surface area contributed by atoms with Gasteiger partial charge in [-0.15, -0.1) is 10.2 Å². The lowest BCUT2D eigenvalue weighted by molar-refractivity contribution is -0.145. The lowest BCUT2D eigenvalue weighted by Crippen LogP contribution is -2.25. The number of alkyl halides is 3. The van der Waals surface area contributed by atoms with Crippen LogP contribution in [0.5, 0.6) is 0 Å². The second-order valence-corrected chi connectivity index (χ2v) is 11.7. The van der Waals surface area contributed by atoms with Crippen molar-refractivity contribution < 1.29 is 22.8 Å². The van der Waals surface area contributed by atoms with E-state index in [0.717, 1.165) is 5.39 Å². The van der Waals surface area contributed by atoms with Gasteiger partial charge in [0.05, 0.1) is 16.2 Å². The minimum absolute atomic E-state index is 0.00325. The number of tetrazole rings is 1. The van der Waals surface area contributed by atoms with E-state index in [1.54, 1.807) is 19.1 Å². The number of amides is 1. The van der Waals surface area contributed by atoms with Gasteiger partial charge in [0.1, 0.15) is 17.4 Å². The fraction of sp³-hybridized carbons (Fsp3) is 0.161. The number of halogens is 6.